The molecule has 0 atom stereocenters. The molecule has 1 nitrogen and oxygen atoms in total. The van der Waals surface area contributed by atoms with Gasteiger partial charge in [-0.2, -0.15) is 0 Å². The third-order valence-electron chi connectivity index (χ3n) is 1.52. The van der Waals surface area contributed by atoms with Crippen molar-refractivity contribution >= 4 is 5.69 Å². The molecule has 0 saturated carbocycles. The van der Waals surface area contributed by atoms with Gasteiger partial charge in [0.1, 0.15) is 0 Å². The zero-order valence-electron chi connectivity index (χ0n) is 28.6. The normalized spacial score (nSPS) is 38.5. The van der Waals surface area contributed by atoms with Crippen molar-refractivity contribution in [2.75, 3.05) is 5.73 Å². The van der Waals surface area contributed by atoms with Crippen molar-refractivity contribution in [2.24, 2.45) is 0 Å². The van der Waals surface area contributed by atoms with Crippen LogP contribution in [0.4, 0.5) is 5.69 Å². The highest BCUT2D eigenvalue weighted by atomic mass is 14.5. The molecular formula is C14H23N. The maximum atomic E-state index is 8.52. The van der Waals surface area contributed by atoms with Crippen molar-refractivity contribution in [3.8, 4) is 0 Å². The fraction of sp³-hybridized carbons (Fsp3) is 0.571. The molecule has 0 radical (unpaired) electrons. The summed E-state index contributed by atoms with van der Waals surface area (Å²) in [7, 11) is 0. The van der Waals surface area contributed by atoms with E-state index in [0.29, 0.717) is 0 Å². The van der Waals surface area contributed by atoms with E-state index < -0.39 is 86.9 Å². The number of nitrogen functional groups attached to an aromatic ring is 1. The van der Waals surface area contributed by atoms with Crippen LogP contribution < -0.4 is 5.73 Å². The number of rotatable bonds is 0. The van der Waals surface area contributed by atoms with E-state index in [1.54, 1.807) is 0 Å². The molecule has 0 amide bonds. The van der Waals surface area contributed by atoms with Gasteiger partial charge in [0.2, 0.25) is 0 Å². The lowest BCUT2D eigenvalue weighted by Gasteiger charge is -2.25. The predicted molar refractivity (Wildman–Crippen MR) is 68.3 cm³/mol. The monoisotopic (exact) mass is 226 g/mol. The molecule has 0 spiro atoms. The Balaban J connectivity index is 4.89. The number of hydrogen-bond donors (Lipinski definition) is 1. The second kappa shape index (κ2) is 3.55. The molecule has 0 unspecified atom stereocenters. The van der Waals surface area contributed by atoms with Gasteiger partial charge in [0.15, 0.2) is 0 Å². The van der Waals surface area contributed by atoms with Gasteiger partial charge < -0.3 is 5.73 Å². The first-order chi connectivity index (χ1) is 15.4. The lowest BCUT2D eigenvalue weighted by molar-refractivity contribution is 0.569. The zero-order chi connectivity index (χ0) is 29.5. The van der Waals surface area contributed by atoms with Crippen molar-refractivity contribution in [1.82, 2.24) is 0 Å². The van der Waals surface area contributed by atoms with Crippen LogP contribution in [0.5, 0.6) is 0 Å². The number of nitrogens with two attached hydrogens (primary N) is 1. The maximum Gasteiger partial charge on any atom is 0.0648 e. The second-order valence-corrected chi connectivity index (χ2v) is 3.04. The fourth-order valence-corrected chi connectivity index (χ4v) is 0.863. The van der Waals surface area contributed by atoms with Crippen LogP contribution in [0.15, 0.2) is 18.1 Å². The average Bonchev–Trinajstić information content (AvgIpc) is 2.53. The molecule has 1 aromatic carbocycles. The van der Waals surface area contributed by atoms with Crippen molar-refractivity contribution < 1.29 is 28.8 Å². The molecule has 0 aliphatic carbocycles. The van der Waals surface area contributed by atoms with Crippen LogP contribution in [0.2, 0.25) is 0 Å². The summed E-state index contributed by atoms with van der Waals surface area (Å²) in [4.78, 5) is 0. The summed E-state index contributed by atoms with van der Waals surface area (Å²) in [5, 5.41) is 0. The molecule has 0 bridgehead atoms. The Morgan fingerprint density at radius 1 is 0.933 bits per heavy atom. The topological polar surface area (TPSA) is 26.0 Å². The van der Waals surface area contributed by atoms with Crippen LogP contribution in [0.3, 0.4) is 0 Å². The molecule has 2 N–H and O–H groups in total. The number of benzene rings is 1. The molecule has 84 valence electrons. The minimum Gasteiger partial charge on any atom is -0.399 e. The molecule has 0 aliphatic rings. The van der Waals surface area contributed by atoms with E-state index in [-0.39, 0.29) is 0 Å². The van der Waals surface area contributed by atoms with Crippen LogP contribution in [-0.2, 0) is 10.8 Å². The van der Waals surface area contributed by atoms with Crippen molar-refractivity contribution in [1.29, 1.82) is 0 Å². The highest BCUT2D eigenvalue weighted by molar-refractivity contribution is 5.48. The van der Waals surface area contributed by atoms with Crippen LogP contribution in [0.1, 0.15) is 81.0 Å². The minimum absolute atomic E-state index is 1.31. The van der Waals surface area contributed by atoms with Gasteiger partial charge in [-0.1, -0.05) is 47.2 Å². The van der Waals surface area contributed by atoms with E-state index in [4.69, 9.17) is 34.5 Å². The van der Waals surface area contributed by atoms with E-state index in [1.165, 1.54) is 0 Å². The molecule has 0 saturated heterocycles. The second-order valence-electron chi connectivity index (χ2n) is 3.04. The largest absolute Gasteiger partial charge is 0.399 e. The first-order valence-corrected chi connectivity index (χ1v) is 3.79. The Morgan fingerprint density at radius 3 is 1.67 bits per heavy atom. The Bertz CT molecular complexity index is 846. The summed E-state index contributed by atoms with van der Waals surface area (Å²) < 4.78 is 166. The Hall–Kier alpha value is -0.980. The third kappa shape index (κ3) is 2.98. The first-order valence-electron chi connectivity index (χ1n) is 14.3. The summed E-state index contributed by atoms with van der Waals surface area (Å²) in [6.45, 7) is -24.6. The lowest BCUT2D eigenvalue weighted by atomic mass is 9.80. The van der Waals surface area contributed by atoms with Gasteiger partial charge in [-0.3, -0.25) is 0 Å². The van der Waals surface area contributed by atoms with E-state index in [1.807, 2.05) is 0 Å². The van der Waals surface area contributed by atoms with E-state index in [2.05, 4.69) is 0 Å². The van der Waals surface area contributed by atoms with Gasteiger partial charge >= 0.3 is 0 Å². The summed E-state index contributed by atoms with van der Waals surface area (Å²) in [6.07, 6.45) is 0. The minimum atomic E-state index is -4.14. The van der Waals surface area contributed by atoms with Gasteiger partial charge in [-0.05, 0) is 34.0 Å². The summed E-state index contributed by atoms with van der Waals surface area (Å²) in [6, 6.07) is -4.79. The molecule has 1 heteroatoms. The lowest BCUT2D eigenvalue weighted by Crippen LogP contribution is -2.16. The molecule has 0 aliphatic heterocycles. The highest BCUT2D eigenvalue weighted by Gasteiger charge is 2.19. The SMILES string of the molecule is [2H]c1c(N)c([2H])c(C(C([2H])([2H])[2H])(C([2H])([2H])[2H])C([2H])([2H])[2H])c([2H])c1C(C([2H])([2H])[2H])(C([2H])([2H])[2H])C([2H])([2H])[2H]. The third-order valence-corrected chi connectivity index (χ3v) is 1.52. The number of anilines is 1. The Kier molecular flexibility index (Phi) is 0.459. The molecule has 15 heavy (non-hydrogen) atoms. The molecule has 0 heterocycles. The summed E-state index contributed by atoms with van der Waals surface area (Å²) in [5.74, 6) is 0. The molecule has 0 aromatic heterocycles. The van der Waals surface area contributed by atoms with Gasteiger partial charge in [0.05, 0.1) is 4.11 Å². The van der Waals surface area contributed by atoms with Crippen LogP contribution in [0.25, 0.3) is 0 Å². The summed E-state index contributed by atoms with van der Waals surface area (Å²) >= 11 is 0. The molecule has 1 aromatic rings. The van der Waals surface area contributed by atoms with Crippen LogP contribution in [0, 0.1) is 0 Å². The van der Waals surface area contributed by atoms with E-state index in [0.717, 1.165) is 0 Å². The molecule has 0 fully saturated rings. The van der Waals surface area contributed by atoms with Gasteiger partial charge in [-0.15, -0.1) is 0 Å². The predicted octanol–water partition coefficient (Wildman–Crippen LogP) is 3.86. The van der Waals surface area contributed by atoms with Gasteiger partial charge in [-0.25, -0.2) is 0 Å². The molecule has 1 rings (SSSR count). The molecular weight excluding hydrogens is 182 g/mol. The quantitative estimate of drug-likeness (QED) is 0.668. The average molecular weight is 226 g/mol. The Labute approximate surface area is 123 Å². The van der Waals surface area contributed by atoms with Gasteiger partial charge in [0.25, 0.3) is 0 Å². The smallest absolute Gasteiger partial charge is 0.0648 e. The first kappa shape index (κ1) is 1.94. The maximum absolute atomic E-state index is 8.52. The summed E-state index contributed by atoms with van der Waals surface area (Å²) in [5.41, 5.74) is -7.42. The van der Waals surface area contributed by atoms with Crippen molar-refractivity contribution in [2.45, 2.75) is 51.9 Å². The highest BCUT2D eigenvalue weighted by Crippen LogP contribution is 2.30. The van der Waals surface area contributed by atoms with Gasteiger partial charge in [0, 0.05) is 30.4 Å². The van der Waals surface area contributed by atoms with Crippen molar-refractivity contribution in [3.05, 3.63) is 29.3 Å². The van der Waals surface area contributed by atoms with Crippen molar-refractivity contribution in [3.63, 3.8) is 0 Å². The van der Waals surface area contributed by atoms with Crippen LogP contribution in [-0.4, -0.2) is 0 Å². The Morgan fingerprint density at radius 2 is 1.33 bits per heavy atom. The number of hydrogen-bond acceptors (Lipinski definition) is 1. The van der Waals surface area contributed by atoms with E-state index >= 15 is 0 Å². The fourth-order valence-electron chi connectivity index (χ4n) is 0.863. The zero-order valence-corrected chi connectivity index (χ0v) is 7.58. The van der Waals surface area contributed by atoms with Crippen LogP contribution >= 0.6 is 0 Å². The standard InChI is InChI=1S/C14H23N/c1-13(2,3)10-7-11(14(4,5)6)9-12(15)8-10/h7-9H,15H2,1-6H3/i1D3,2D3,3D3,4D3,5D3,6D3,7D,8D,9D. The van der Waals surface area contributed by atoms with E-state index in [9.17, 15) is 0 Å².